The predicted molar refractivity (Wildman–Crippen MR) is 129 cm³/mol. The fourth-order valence-electron chi connectivity index (χ4n) is 3.94. The van der Waals surface area contributed by atoms with Crippen LogP contribution in [0.2, 0.25) is 0 Å². The van der Waals surface area contributed by atoms with Crippen LogP contribution in [-0.2, 0) is 11.2 Å². The zero-order chi connectivity index (χ0) is 23.7. The maximum atomic E-state index is 14.8. The smallest absolute Gasteiger partial charge is 0.241 e. The molecule has 0 fully saturated rings. The van der Waals surface area contributed by atoms with Gasteiger partial charge in [0.15, 0.2) is 11.6 Å². The summed E-state index contributed by atoms with van der Waals surface area (Å²) < 4.78 is 20.7. The third-order valence-corrected chi connectivity index (χ3v) is 5.68. The highest BCUT2D eigenvalue weighted by atomic mass is 19.1. The van der Waals surface area contributed by atoms with E-state index in [4.69, 9.17) is 10.5 Å². The standard InChI is InChI=1S/C26H22FN5O2/c1-15-13-31-25-24(15)23(8-10-30-25)34-22-6-5-16(11-19(22)27)12-20(28)26(33)32-21-4-2-3-17-14-29-9-7-18(17)21/h2-11,13-14,20H,12,28H2,1H3,(H,30,31)(H,32,33). The molecular formula is C26H22FN5O2. The second-order valence-electron chi connectivity index (χ2n) is 8.07. The highest BCUT2D eigenvalue weighted by Gasteiger charge is 2.17. The van der Waals surface area contributed by atoms with Crippen LogP contribution in [0.1, 0.15) is 11.1 Å². The van der Waals surface area contributed by atoms with Crippen molar-refractivity contribution in [3.05, 3.63) is 90.3 Å². The molecule has 0 saturated heterocycles. The summed E-state index contributed by atoms with van der Waals surface area (Å²) >= 11 is 0. The molecule has 1 atom stereocenters. The Labute approximate surface area is 194 Å². The molecule has 0 radical (unpaired) electrons. The highest BCUT2D eigenvalue weighted by molar-refractivity contribution is 6.03. The van der Waals surface area contributed by atoms with Gasteiger partial charge in [0.2, 0.25) is 5.91 Å². The average molecular weight is 455 g/mol. The van der Waals surface area contributed by atoms with E-state index in [0.717, 1.165) is 21.7 Å². The van der Waals surface area contributed by atoms with Crippen molar-refractivity contribution in [2.75, 3.05) is 5.32 Å². The molecule has 5 rings (SSSR count). The van der Waals surface area contributed by atoms with E-state index in [-0.39, 0.29) is 18.1 Å². The minimum Gasteiger partial charge on any atom is -0.453 e. The maximum Gasteiger partial charge on any atom is 0.241 e. The van der Waals surface area contributed by atoms with Crippen molar-refractivity contribution >= 4 is 33.4 Å². The number of benzene rings is 2. The molecule has 7 nitrogen and oxygen atoms in total. The SMILES string of the molecule is Cc1c[nH]c2nccc(Oc3ccc(CC(N)C(=O)Nc4cccc5cnccc45)cc3F)c12. The first kappa shape index (κ1) is 21.5. The summed E-state index contributed by atoms with van der Waals surface area (Å²) in [5.41, 5.74) is 9.00. The van der Waals surface area contributed by atoms with Crippen LogP contribution in [0.3, 0.4) is 0 Å². The number of amides is 1. The summed E-state index contributed by atoms with van der Waals surface area (Å²) in [6, 6.07) is 12.8. The molecule has 170 valence electrons. The van der Waals surface area contributed by atoms with E-state index in [1.54, 1.807) is 42.9 Å². The number of ether oxygens (including phenoxy) is 1. The van der Waals surface area contributed by atoms with Gasteiger partial charge in [-0.1, -0.05) is 18.2 Å². The number of carbonyl (C=O) groups excluding carboxylic acids is 1. The first-order valence-electron chi connectivity index (χ1n) is 10.8. The molecule has 1 unspecified atom stereocenters. The molecule has 0 saturated carbocycles. The molecule has 0 spiro atoms. The van der Waals surface area contributed by atoms with Crippen LogP contribution >= 0.6 is 0 Å². The van der Waals surface area contributed by atoms with E-state index in [1.165, 1.54) is 6.07 Å². The summed E-state index contributed by atoms with van der Waals surface area (Å²) in [5.74, 6) is -0.298. The van der Waals surface area contributed by atoms with Crippen molar-refractivity contribution in [2.24, 2.45) is 5.73 Å². The number of fused-ring (bicyclic) bond motifs is 2. The van der Waals surface area contributed by atoms with Gasteiger partial charge in [0, 0.05) is 41.2 Å². The fraction of sp³-hybridized carbons (Fsp3) is 0.115. The number of nitrogens with one attached hydrogen (secondary N) is 2. The number of H-pyrrole nitrogens is 1. The molecule has 8 heteroatoms. The van der Waals surface area contributed by atoms with Gasteiger partial charge in [-0.05, 0) is 54.8 Å². The Bertz CT molecular complexity index is 1510. The van der Waals surface area contributed by atoms with Crippen molar-refractivity contribution in [2.45, 2.75) is 19.4 Å². The van der Waals surface area contributed by atoms with Gasteiger partial charge in [-0.25, -0.2) is 9.37 Å². The number of nitrogens with two attached hydrogens (primary N) is 1. The lowest BCUT2D eigenvalue weighted by molar-refractivity contribution is -0.117. The second-order valence-corrected chi connectivity index (χ2v) is 8.07. The lowest BCUT2D eigenvalue weighted by atomic mass is 10.0. The van der Waals surface area contributed by atoms with Crippen LogP contribution in [0.15, 0.2) is 73.3 Å². The van der Waals surface area contributed by atoms with Crippen molar-refractivity contribution in [1.82, 2.24) is 15.0 Å². The number of pyridine rings is 2. The van der Waals surface area contributed by atoms with Gasteiger partial charge in [-0.3, -0.25) is 9.78 Å². The topological polar surface area (TPSA) is 106 Å². The van der Waals surface area contributed by atoms with Crippen LogP contribution < -0.4 is 15.8 Å². The van der Waals surface area contributed by atoms with E-state index in [1.807, 2.05) is 31.3 Å². The molecule has 0 bridgehead atoms. The maximum absolute atomic E-state index is 14.8. The Morgan fingerprint density at radius 3 is 2.91 bits per heavy atom. The zero-order valence-electron chi connectivity index (χ0n) is 18.4. The molecule has 5 aromatic rings. The Hall–Kier alpha value is -4.30. The Kier molecular flexibility index (Phi) is 5.65. The minimum atomic E-state index is -0.856. The molecule has 0 aliphatic carbocycles. The van der Waals surface area contributed by atoms with E-state index in [2.05, 4.69) is 20.3 Å². The van der Waals surface area contributed by atoms with Crippen LogP contribution in [0.5, 0.6) is 11.5 Å². The number of carbonyl (C=O) groups is 1. The van der Waals surface area contributed by atoms with E-state index >= 15 is 0 Å². The molecular weight excluding hydrogens is 433 g/mol. The average Bonchev–Trinajstić information content (AvgIpc) is 3.22. The number of hydrogen-bond donors (Lipinski definition) is 3. The van der Waals surface area contributed by atoms with Gasteiger partial charge in [-0.15, -0.1) is 0 Å². The Balaban J connectivity index is 1.29. The molecule has 0 aliphatic heterocycles. The van der Waals surface area contributed by atoms with Crippen LogP contribution in [-0.4, -0.2) is 26.9 Å². The van der Waals surface area contributed by atoms with Crippen molar-refractivity contribution < 1.29 is 13.9 Å². The van der Waals surface area contributed by atoms with Crippen molar-refractivity contribution in [1.29, 1.82) is 0 Å². The van der Waals surface area contributed by atoms with E-state index in [9.17, 15) is 9.18 Å². The molecule has 3 heterocycles. The number of hydrogen-bond acceptors (Lipinski definition) is 5. The molecule has 0 aliphatic rings. The first-order valence-corrected chi connectivity index (χ1v) is 10.8. The number of aromatic amines is 1. The van der Waals surface area contributed by atoms with Crippen LogP contribution in [0.25, 0.3) is 21.8 Å². The first-order chi connectivity index (χ1) is 16.5. The summed E-state index contributed by atoms with van der Waals surface area (Å²) in [7, 11) is 0. The summed E-state index contributed by atoms with van der Waals surface area (Å²) in [6.45, 7) is 1.93. The largest absolute Gasteiger partial charge is 0.453 e. The predicted octanol–water partition coefficient (Wildman–Crippen LogP) is 4.86. The molecule has 34 heavy (non-hydrogen) atoms. The molecule has 1 amide bonds. The number of anilines is 1. The number of aryl methyl sites for hydroxylation is 1. The van der Waals surface area contributed by atoms with Gasteiger partial charge >= 0.3 is 0 Å². The summed E-state index contributed by atoms with van der Waals surface area (Å²) in [4.78, 5) is 24.1. The van der Waals surface area contributed by atoms with E-state index < -0.39 is 11.9 Å². The lowest BCUT2D eigenvalue weighted by Crippen LogP contribution is -2.37. The van der Waals surface area contributed by atoms with E-state index in [0.29, 0.717) is 22.6 Å². The molecule has 2 aromatic carbocycles. The molecule has 4 N–H and O–H groups in total. The second kappa shape index (κ2) is 8.92. The summed E-state index contributed by atoms with van der Waals surface area (Å²) in [6.07, 6.45) is 6.99. The quantitative estimate of drug-likeness (QED) is 0.339. The number of nitrogens with zero attached hydrogens (tertiary/aromatic N) is 2. The Morgan fingerprint density at radius 2 is 2.06 bits per heavy atom. The van der Waals surface area contributed by atoms with Gasteiger partial charge in [0.25, 0.3) is 0 Å². The monoisotopic (exact) mass is 455 g/mol. The summed E-state index contributed by atoms with van der Waals surface area (Å²) in [5, 5.41) is 5.44. The van der Waals surface area contributed by atoms with Gasteiger partial charge < -0.3 is 20.8 Å². The van der Waals surface area contributed by atoms with Gasteiger partial charge in [-0.2, -0.15) is 0 Å². The van der Waals surface area contributed by atoms with Crippen molar-refractivity contribution in [3.63, 3.8) is 0 Å². The zero-order valence-corrected chi connectivity index (χ0v) is 18.4. The van der Waals surface area contributed by atoms with Gasteiger partial charge in [0.1, 0.15) is 11.4 Å². The Morgan fingerprint density at radius 1 is 1.18 bits per heavy atom. The molecule has 3 aromatic heterocycles. The van der Waals surface area contributed by atoms with Crippen LogP contribution in [0.4, 0.5) is 10.1 Å². The normalized spacial score (nSPS) is 12.1. The lowest BCUT2D eigenvalue weighted by Gasteiger charge is -2.15. The van der Waals surface area contributed by atoms with Crippen LogP contribution in [0, 0.1) is 12.7 Å². The number of rotatable bonds is 6. The number of aromatic nitrogens is 3. The van der Waals surface area contributed by atoms with Crippen molar-refractivity contribution in [3.8, 4) is 11.5 Å². The highest BCUT2D eigenvalue weighted by Crippen LogP contribution is 2.32. The minimum absolute atomic E-state index is 0.0826. The number of halogens is 1. The third kappa shape index (κ3) is 4.18. The van der Waals surface area contributed by atoms with Gasteiger partial charge in [0.05, 0.1) is 11.4 Å². The fourth-order valence-corrected chi connectivity index (χ4v) is 3.94. The third-order valence-electron chi connectivity index (χ3n) is 5.68.